The molecule has 2 aliphatic heterocycles. The molecule has 8 heteroatoms. The van der Waals surface area contributed by atoms with E-state index in [0.717, 1.165) is 60.3 Å². The van der Waals surface area contributed by atoms with Crippen LogP contribution < -0.4 is 4.90 Å². The van der Waals surface area contributed by atoms with Crippen molar-refractivity contribution in [1.29, 1.82) is 0 Å². The van der Waals surface area contributed by atoms with Gasteiger partial charge >= 0.3 is 0 Å². The molecule has 6 rings (SSSR count). The Kier molecular flexibility index (Phi) is 5.55. The topological polar surface area (TPSA) is 81.9 Å². The van der Waals surface area contributed by atoms with Crippen molar-refractivity contribution in [1.82, 2.24) is 15.0 Å². The van der Waals surface area contributed by atoms with Crippen molar-refractivity contribution in [3.63, 3.8) is 0 Å². The number of rotatable bonds is 5. The van der Waals surface area contributed by atoms with Crippen LogP contribution in [-0.2, 0) is 0 Å². The quantitative estimate of drug-likeness (QED) is 0.382. The summed E-state index contributed by atoms with van der Waals surface area (Å²) in [6, 6.07) is 18.0. The zero-order valence-corrected chi connectivity index (χ0v) is 19.4. The highest BCUT2D eigenvalue weighted by Crippen LogP contribution is 2.30. The predicted octanol–water partition coefficient (Wildman–Crippen LogP) is 6.12. The second-order valence-corrected chi connectivity index (χ2v) is 9.23. The van der Waals surface area contributed by atoms with Gasteiger partial charge in [-0.15, -0.1) is 5.11 Å². The number of benzene rings is 2. The van der Waals surface area contributed by atoms with E-state index in [2.05, 4.69) is 48.3 Å². The monoisotopic (exact) mass is 469 g/mol. The number of piperidine rings is 1. The molecule has 2 aromatic heterocycles. The van der Waals surface area contributed by atoms with Crippen molar-refractivity contribution in [3.05, 3.63) is 77.6 Å². The molecule has 0 radical (unpaired) electrons. The van der Waals surface area contributed by atoms with Crippen LogP contribution in [0.3, 0.4) is 0 Å². The summed E-state index contributed by atoms with van der Waals surface area (Å²) in [4.78, 5) is 19.4. The minimum absolute atomic E-state index is 0.0962. The van der Waals surface area contributed by atoms with Gasteiger partial charge in [-0.1, -0.05) is 35.9 Å². The number of aromatic nitrogens is 3. The Morgan fingerprint density at radius 3 is 2.59 bits per heavy atom. The Balaban J connectivity index is 1.13. The molecule has 1 unspecified atom stereocenters. The first-order valence-electron chi connectivity index (χ1n) is 11.6. The van der Waals surface area contributed by atoms with E-state index in [1.54, 1.807) is 0 Å². The number of hydrogen-bond acceptors (Lipinski definition) is 6. The maximum atomic E-state index is 6.29. The van der Waals surface area contributed by atoms with Gasteiger partial charge in [-0.05, 0) is 55.5 Å². The number of azo groups is 1. The van der Waals surface area contributed by atoms with Crippen LogP contribution in [0, 0.1) is 5.92 Å². The number of fused-ring (bicyclic) bond motifs is 1. The molecule has 1 N–H and O–H groups in total. The van der Waals surface area contributed by atoms with E-state index in [9.17, 15) is 0 Å². The standard InChI is InChI=1S/C26H24ClN7/c27-21-5-2-6-22-24(21)31-25(29-22)18-3-1-4-19(16-18)26-30-23(32-33-26)15-17-9-13-34(14-10-17)20-7-11-28-12-8-20/h1-8,11-12,16-17,23H,9-10,13-15H2,(H,29,31). The lowest BCUT2D eigenvalue weighted by molar-refractivity contribution is 0.357. The van der Waals surface area contributed by atoms with Crippen LogP contribution in [0.15, 0.2) is 82.2 Å². The Hall–Kier alpha value is -3.58. The minimum Gasteiger partial charge on any atom is -0.371 e. The molecule has 34 heavy (non-hydrogen) atoms. The normalized spacial score (nSPS) is 18.6. The third-order valence-corrected chi connectivity index (χ3v) is 6.91. The molecule has 2 aromatic carbocycles. The van der Waals surface area contributed by atoms with Crippen LogP contribution in [0.2, 0.25) is 5.02 Å². The van der Waals surface area contributed by atoms with E-state index >= 15 is 0 Å². The van der Waals surface area contributed by atoms with Gasteiger partial charge < -0.3 is 9.88 Å². The number of imidazole rings is 1. The highest BCUT2D eigenvalue weighted by Gasteiger charge is 2.25. The summed E-state index contributed by atoms with van der Waals surface area (Å²) in [7, 11) is 0. The van der Waals surface area contributed by atoms with Gasteiger partial charge in [0.1, 0.15) is 11.3 Å². The maximum absolute atomic E-state index is 6.29. The van der Waals surface area contributed by atoms with Gasteiger partial charge in [0.25, 0.3) is 0 Å². The average Bonchev–Trinajstić information content (AvgIpc) is 3.54. The Morgan fingerprint density at radius 1 is 0.971 bits per heavy atom. The number of hydrogen-bond donors (Lipinski definition) is 1. The summed E-state index contributed by atoms with van der Waals surface area (Å²) in [5.74, 6) is 2.07. The van der Waals surface area contributed by atoms with E-state index in [-0.39, 0.29) is 6.17 Å². The smallest absolute Gasteiger partial charge is 0.179 e. The Bertz CT molecular complexity index is 1370. The van der Waals surface area contributed by atoms with Crippen LogP contribution >= 0.6 is 11.6 Å². The number of halogens is 1. The highest BCUT2D eigenvalue weighted by molar-refractivity contribution is 6.35. The summed E-state index contributed by atoms with van der Waals surface area (Å²) in [5, 5.41) is 9.52. The molecule has 0 spiro atoms. The largest absolute Gasteiger partial charge is 0.371 e. The summed E-state index contributed by atoms with van der Waals surface area (Å²) >= 11 is 6.29. The van der Waals surface area contributed by atoms with Gasteiger partial charge in [-0.3, -0.25) is 4.98 Å². The van der Waals surface area contributed by atoms with Crippen LogP contribution in [0.1, 0.15) is 24.8 Å². The average molecular weight is 470 g/mol. The third kappa shape index (κ3) is 4.19. The number of anilines is 1. The van der Waals surface area contributed by atoms with E-state index in [1.807, 2.05) is 48.8 Å². The van der Waals surface area contributed by atoms with Crippen molar-refractivity contribution in [2.24, 2.45) is 21.1 Å². The van der Waals surface area contributed by atoms with E-state index in [1.165, 1.54) is 5.69 Å². The van der Waals surface area contributed by atoms with Crippen molar-refractivity contribution in [2.45, 2.75) is 25.4 Å². The molecule has 4 aromatic rings. The second-order valence-electron chi connectivity index (χ2n) is 8.82. The number of nitrogens with one attached hydrogen (secondary N) is 1. The number of amidine groups is 1. The lowest BCUT2D eigenvalue weighted by Crippen LogP contribution is -2.34. The highest BCUT2D eigenvalue weighted by atomic mass is 35.5. The van der Waals surface area contributed by atoms with Crippen LogP contribution in [0.5, 0.6) is 0 Å². The summed E-state index contributed by atoms with van der Waals surface area (Å²) < 4.78 is 0. The molecule has 1 atom stereocenters. The summed E-state index contributed by atoms with van der Waals surface area (Å²) in [5.41, 5.74) is 4.86. The van der Waals surface area contributed by atoms with Gasteiger partial charge in [-0.25, -0.2) is 9.98 Å². The molecule has 0 amide bonds. The van der Waals surface area contributed by atoms with E-state index in [0.29, 0.717) is 16.8 Å². The van der Waals surface area contributed by atoms with Gasteiger partial charge in [0, 0.05) is 42.3 Å². The predicted molar refractivity (Wildman–Crippen MR) is 136 cm³/mol. The summed E-state index contributed by atoms with van der Waals surface area (Å²) in [6.07, 6.45) is 6.84. The Morgan fingerprint density at radius 2 is 1.76 bits per heavy atom. The SMILES string of the molecule is Clc1cccc2[nH]c(-c3cccc(C4=NC(CC5CCN(c6ccncc6)CC5)N=N4)c3)nc12. The fourth-order valence-electron chi connectivity index (χ4n) is 4.77. The molecule has 0 bridgehead atoms. The molecule has 1 fully saturated rings. The number of H-pyrrole nitrogens is 1. The van der Waals surface area contributed by atoms with Crippen LogP contribution in [-0.4, -0.2) is 40.0 Å². The van der Waals surface area contributed by atoms with Crippen LogP contribution in [0.25, 0.3) is 22.4 Å². The number of aliphatic imine (C=N–C) groups is 1. The van der Waals surface area contributed by atoms with Gasteiger partial charge in [0.2, 0.25) is 0 Å². The zero-order chi connectivity index (χ0) is 22.9. The lowest BCUT2D eigenvalue weighted by atomic mass is 9.92. The van der Waals surface area contributed by atoms with Crippen molar-refractivity contribution in [2.75, 3.05) is 18.0 Å². The molecular formula is C26H24ClN7. The maximum Gasteiger partial charge on any atom is 0.179 e. The first kappa shape index (κ1) is 21.0. The first-order valence-corrected chi connectivity index (χ1v) is 12.0. The fourth-order valence-corrected chi connectivity index (χ4v) is 4.98. The Labute approximate surface area is 202 Å². The van der Waals surface area contributed by atoms with Gasteiger partial charge in [0.15, 0.2) is 12.0 Å². The fraction of sp³-hybridized carbons (Fsp3) is 0.269. The summed E-state index contributed by atoms with van der Waals surface area (Å²) in [6.45, 7) is 2.11. The van der Waals surface area contributed by atoms with Gasteiger partial charge in [-0.2, -0.15) is 5.11 Å². The van der Waals surface area contributed by atoms with Crippen molar-refractivity contribution < 1.29 is 0 Å². The van der Waals surface area contributed by atoms with Gasteiger partial charge in [0.05, 0.1) is 10.5 Å². The van der Waals surface area contributed by atoms with E-state index < -0.39 is 0 Å². The lowest BCUT2D eigenvalue weighted by Gasteiger charge is -2.33. The first-order chi connectivity index (χ1) is 16.7. The molecule has 7 nitrogen and oxygen atoms in total. The minimum atomic E-state index is -0.0962. The molecular weight excluding hydrogens is 446 g/mol. The third-order valence-electron chi connectivity index (χ3n) is 6.60. The molecule has 1 saturated heterocycles. The zero-order valence-electron chi connectivity index (χ0n) is 18.6. The van der Waals surface area contributed by atoms with Crippen LogP contribution in [0.4, 0.5) is 5.69 Å². The number of aromatic amines is 1. The number of para-hydroxylation sites is 1. The number of pyridine rings is 1. The molecule has 170 valence electrons. The van der Waals surface area contributed by atoms with E-state index in [4.69, 9.17) is 16.6 Å². The van der Waals surface area contributed by atoms with Crippen molar-refractivity contribution >= 4 is 34.2 Å². The second kappa shape index (κ2) is 8.99. The molecule has 0 saturated carbocycles. The molecule has 4 heterocycles. The number of nitrogens with zero attached hydrogens (tertiary/aromatic N) is 6. The van der Waals surface area contributed by atoms with Crippen molar-refractivity contribution in [3.8, 4) is 11.4 Å². The molecule has 2 aliphatic rings. The molecule has 0 aliphatic carbocycles.